The van der Waals surface area contributed by atoms with Gasteiger partial charge in [-0.05, 0) is 86.1 Å². The first kappa shape index (κ1) is 41.2. The molecule has 312 valence electrons. The van der Waals surface area contributed by atoms with Gasteiger partial charge in [0, 0.05) is 81.8 Å². The summed E-state index contributed by atoms with van der Waals surface area (Å²) in [6.07, 6.45) is 5.57. The van der Waals surface area contributed by atoms with E-state index in [2.05, 4.69) is 31.2 Å². The average Bonchev–Trinajstić information content (AvgIpc) is 3.62. The largest absolute Gasteiger partial charge is 0.491 e. The molecular formula is C44H49ClF2N6O5S. The molecule has 1 saturated heterocycles. The first-order valence-corrected chi connectivity index (χ1v) is 21.6. The van der Waals surface area contributed by atoms with Crippen LogP contribution in [-0.2, 0) is 17.8 Å². The van der Waals surface area contributed by atoms with Crippen molar-refractivity contribution in [3.8, 4) is 28.5 Å². The minimum absolute atomic E-state index is 0.00322. The van der Waals surface area contributed by atoms with Gasteiger partial charge in [-0.15, -0.1) is 0 Å². The monoisotopic (exact) mass is 846 g/mol. The van der Waals surface area contributed by atoms with Crippen molar-refractivity contribution in [1.82, 2.24) is 29.1 Å². The van der Waals surface area contributed by atoms with Crippen molar-refractivity contribution in [2.45, 2.75) is 88.8 Å². The van der Waals surface area contributed by atoms with Gasteiger partial charge in [0.25, 0.3) is 0 Å². The lowest BCUT2D eigenvalue weighted by Gasteiger charge is -2.32. The second kappa shape index (κ2) is 18.0. The second-order valence-corrected chi connectivity index (χ2v) is 17.2. The molecule has 1 unspecified atom stereocenters. The number of hydrogen-bond acceptors (Lipinski definition) is 11. The number of ether oxygens (including phenoxy) is 3. The van der Waals surface area contributed by atoms with E-state index in [9.17, 15) is 18.7 Å². The molecule has 2 aliphatic carbocycles. The molecule has 15 heteroatoms. The van der Waals surface area contributed by atoms with Crippen LogP contribution in [0.25, 0.3) is 21.2 Å². The molecule has 11 nitrogen and oxygen atoms in total. The first-order valence-electron chi connectivity index (χ1n) is 20.4. The van der Waals surface area contributed by atoms with E-state index in [0.29, 0.717) is 58.4 Å². The Morgan fingerprint density at radius 3 is 2.53 bits per heavy atom. The number of aliphatic carboxylic acids is 1. The third-order valence-corrected chi connectivity index (χ3v) is 13.2. The van der Waals surface area contributed by atoms with Crippen molar-refractivity contribution in [3.63, 3.8) is 0 Å². The molecule has 8 rings (SSSR count). The molecule has 0 bridgehead atoms. The third kappa shape index (κ3) is 9.46. The molecule has 5 aromatic rings. The van der Waals surface area contributed by atoms with Crippen LogP contribution < -0.4 is 14.2 Å². The van der Waals surface area contributed by atoms with Crippen molar-refractivity contribution in [2.24, 2.45) is 0 Å². The molecule has 3 aliphatic rings. The molecule has 3 fully saturated rings. The van der Waals surface area contributed by atoms with Gasteiger partial charge in [-0.25, -0.2) is 23.5 Å². The number of alkyl halides is 2. The summed E-state index contributed by atoms with van der Waals surface area (Å²) in [4.78, 5) is 31.6. The maximum absolute atomic E-state index is 13.8. The molecule has 1 N–H and O–H groups in total. The molecule has 1 aliphatic heterocycles. The topological polar surface area (TPSA) is 123 Å². The van der Waals surface area contributed by atoms with Gasteiger partial charge < -0.3 is 24.2 Å². The number of nitrogens with zero attached hydrogens (tertiary/aromatic N) is 6. The Balaban J connectivity index is 1.02. The Morgan fingerprint density at radius 2 is 1.78 bits per heavy atom. The van der Waals surface area contributed by atoms with E-state index in [-0.39, 0.29) is 43.6 Å². The van der Waals surface area contributed by atoms with Gasteiger partial charge in [-0.2, -0.15) is 4.37 Å². The first-order chi connectivity index (χ1) is 28.5. The number of carbonyl (C=O) groups is 1. The van der Waals surface area contributed by atoms with Crippen molar-refractivity contribution in [2.75, 3.05) is 46.4 Å². The predicted octanol–water partition coefficient (Wildman–Crippen LogP) is 8.95. The van der Waals surface area contributed by atoms with Gasteiger partial charge >= 0.3 is 5.97 Å². The van der Waals surface area contributed by atoms with Gasteiger partial charge in [-0.1, -0.05) is 42.3 Å². The number of piperazine rings is 1. The highest BCUT2D eigenvalue weighted by Gasteiger charge is 2.36. The molecule has 3 aromatic heterocycles. The molecule has 4 heterocycles. The van der Waals surface area contributed by atoms with E-state index in [4.69, 9.17) is 30.8 Å². The maximum Gasteiger partial charge on any atom is 0.345 e. The van der Waals surface area contributed by atoms with Crippen LogP contribution >= 0.6 is 23.1 Å². The highest BCUT2D eigenvalue weighted by molar-refractivity contribution is 7.13. The van der Waals surface area contributed by atoms with Crippen molar-refractivity contribution in [1.29, 1.82) is 0 Å². The quantitative estimate of drug-likeness (QED) is 0.109. The number of carboxylic acid groups (broad SMARTS) is 1. The summed E-state index contributed by atoms with van der Waals surface area (Å²) in [5, 5.41) is 11.8. The fourth-order valence-electron chi connectivity index (χ4n) is 8.14. The van der Waals surface area contributed by atoms with Crippen LogP contribution in [0.5, 0.6) is 17.4 Å². The zero-order chi connectivity index (χ0) is 41.1. The van der Waals surface area contributed by atoms with Crippen LogP contribution in [0.1, 0.15) is 85.1 Å². The molecule has 0 amide bonds. The molecule has 0 radical (unpaired) electrons. The number of aromatic nitrogens is 4. The summed E-state index contributed by atoms with van der Waals surface area (Å²) in [5.74, 6) is -1.79. The van der Waals surface area contributed by atoms with Crippen LogP contribution in [0.3, 0.4) is 0 Å². The van der Waals surface area contributed by atoms with E-state index >= 15 is 0 Å². The van der Waals surface area contributed by atoms with E-state index in [0.717, 1.165) is 79.1 Å². The Bertz CT molecular complexity index is 2270. The lowest BCUT2D eigenvalue weighted by atomic mass is 9.79. The second-order valence-electron chi connectivity index (χ2n) is 16.0. The number of para-hydroxylation sites is 1. The van der Waals surface area contributed by atoms with E-state index in [1.165, 1.54) is 11.5 Å². The Labute approximate surface area is 351 Å². The number of fused-ring (bicyclic) bond motifs is 1. The highest BCUT2D eigenvalue weighted by atomic mass is 35.5. The van der Waals surface area contributed by atoms with E-state index < -0.39 is 18.0 Å². The van der Waals surface area contributed by atoms with Crippen LogP contribution in [-0.4, -0.2) is 98.6 Å². The van der Waals surface area contributed by atoms with Crippen molar-refractivity contribution in [3.05, 3.63) is 88.2 Å². The summed E-state index contributed by atoms with van der Waals surface area (Å²) in [5.41, 5.74) is 4.74. The van der Waals surface area contributed by atoms with Crippen molar-refractivity contribution < 1.29 is 32.9 Å². The SMILES string of the molecule is Cc1c(-c2c(C3CCC3)ncc3snc(OC(Cc4ccccc4OCc4ccnc(C5CCC(F)(F)CC5)n4)C(=O)O)c23)ccc(OCCN2CCN(C)CC2)c1Cl. The number of halogens is 3. The Kier molecular flexibility index (Phi) is 12.6. The smallest absolute Gasteiger partial charge is 0.345 e. The fourth-order valence-corrected chi connectivity index (χ4v) is 9.05. The molecule has 1 atom stereocenters. The van der Waals surface area contributed by atoms with Crippen LogP contribution in [0, 0.1) is 6.92 Å². The predicted molar refractivity (Wildman–Crippen MR) is 223 cm³/mol. The number of pyridine rings is 1. The van der Waals surface area contributed by atoms with E-state index in [1.807, 2.05) is 43.5 Å². The standard InChI is InChI=1S/C44H49ClF2N6O5S/c1-27-32(10-11-34(39(27)45)56-23-22-53-20-18-52(2)19-21-53)37-38-36(25-49-40(37)28-7-5-8-28)59-51-42(38)58-35(43(54)55)24-30-6-3-4-9-33(30)57-26-31-14-17-48-41(50-31)29-12-15-44(46,47)16-13-29/h3-4,6,9-11,14,17,25,28-29,35H,5,7-8,12-13,15-16,18-24,26H2,1-2H3,(H,54,55). The molecular weight excluding hydrogens is 798 g/mol. The van der Waals surface area contributed by atoms with Crippen LogP contribution in [0.2, 0.25) is 5.02 Å². The summed E-state index contributed by atoms with van der Waals surface area (Å²) in [7, 11) is 2.14. The maximum atomic E-state index is 13.8. The number of likely N-dealkylation sites (N-methyl/N-ethyl adjacent to an activating group) is 1. The number of hydrogen-bond donors (Lipinski definition) is 1. The number of carboxylic acids is 1. The fraction of sp³-hybridized carbons (Fsp3) is 0.477. The van der Waals surface area contributed by atoms with Gasteiger partial charge in [0.05, 0.1) is 26.5 Å². The van der Waals surface area contributed by atoms with E-state index in [1.54, 1.807) is 18.3 Å². The van der Waals surface area contributed by atoms with Gasteiger partial charge in [0.1, 0.15) is 30.5 Å². The summed E-state index contributed by atoms with van der Waals surface area (Å²) in [6.45, 7) is 7.51. The highest BCUT2D eigenvalue weighted by Crippen LogP contribution is 2.48. The Morgan fingerprint density at radius 1 is 1.00 bits per heavy atom. The summed E-state index contributed by atoms with van der Waals surface area (Å²) in [6, 6.07) is 12.9. The van der Waals surface area contributed by atoms with Crippen LogP contribution in [0.4, 0.5) is 8.78 Å². The minimum atomic E-state index is -2.64. The number of rotatable bonds is 15. The van der Waals surface area contributed by atoms with Gasteiger partial charge in [0.2, 0.25) is 17.9 Å². The zero-order valence-corrected chi connectivity index (χ0v) is 34.9. The average molecular weight is 847 g/mol. The van der Waals surface area contributed by atoms with Gasteiger partial charge in [0.15, 0.2) is 0 Å². The lowest BCUT2D eigenvalue weighted by molar-refractivity contribution is -0.145. The Hall–Kier alpha value is -4.50. The third-order valence-electron chi connectivity index (χ3n) is 12.0. The van der Waals surface area contributed by atoms with Crippen LogP contribution in [0.15, 0.2) is 54.9 Å². The number of benzene rings is 2. The normalized spacial score (nSPS) is 18.4. The lowest BCUT2D eigenvalue weighted by Crippen LogP contribution is -2.45. The summed E-state index contributed by atoms with van der Waals surface area (Å²) >= 11 is 8.27. The summed E-state index contributed by atoms with van der Waals surface area (Å²) < 4.78 is 51.8. The zero-order valence-electron chi connectivity index (χ0n) is 33.3. The molecule has 0 spiro atoms. The molecule has 59 heavy (non-hydrogen) atoms. The minimum Gasteiger partial charge on any atom is -0.491 e. The molecule has 2 aromatic carbocycles. The van der Waals surface area contributed by atoms with Gasteiger partial charge in [-0.3, -0.25) is 9.88 Å². The molecule has 2 saturated carbocycles. The van der Waals surface area contributed by atoms with Crippen molar-refractivity contribution >= 4 is 39.2 Å².